The number of aliphatic hydroxyl groups is 1. The molecule has 0 aliphatic rings. The molecule has 0 radical (unpaired) electrons. The zero-order chi connectivity index (χ0) is 18.4. The molecule has 0 saturated heterocycles. The lowest BCUT2D eigenvalue weighted by molar-refractivity contribution is 0.0911. The summed E-state index contributed by atoms with van der Waals surface area (Å²) in [5.41, 5.74) is 2.08. The molecule has 0 fully saturated rings. The van der Waals surface area contributed by atoms with Gasteiger partial charge in [0.15, 0.2) is 5.78 Å². The van der Waals surface area contributed by atoms with Gasteiger partial charge in [-0.05, 0) is 18.6 Å². The van der Waals surface area contributed by atoms with Crippen molar-refractivity contribution in [1.29, 1.82) is 0 Å². The lowest BCUT2D eigenvalue weighted by Gasteiger charge is -2.16. The molecule has 1 amide bonds. The number of ketones is 1. The molecule has 0 aliphatic carbocycles. The van der Waals surface area contributed by atoms with E-state index < -0.39 is 6.04 Å². The minimum Gasteiger partial charge on any atom is -0.394 e. The average molecular weight is 341 g/mol. The number of allylic oxidation sites excluding steroid dienone is 1. The van der Waals surface area contributed by atoms with Crippen molar-refractivity contribution in [2.45, 2.75) is 13.0 Å². The Bertz CT molecular complexity index is 763. The summed E-state index contributed by atoms with van der Waals surface area (Å²) in [5.74, 6) is -0.526. The average Bonchev–Trinajstić information content (AvgIpc) is 3.09. The summed E-state index contributed by atoms with van der Waals surface area (Å²) in [4.78, 5) is 29.3. The molecule has 25 heavy (non-hydrogen) atoms. The molecule has 1 unspecified atom stereocenters. The minimum atomic E-state index is -0.508. The molecule has 6 nitrogen and oxygen atoms in total. The minimum absolute atomic E-state index is 0.147. The topological polar surface area (TPSA) is 85.4 Å². The van der Waals surface area contributed by atoms with Crippen LogP contribution >= 0.6 is 0 Å². The smallest absolute Gasteiger partial charge is 0.268 e. The van der Waals surface area contributed by atoms with Crippen molar-refractivity contribution in [3.05, 3.63) is 71.2 Å². The number of carbonyl (C=O) groups is 2. The first-order valence-electron chi connectivity index (χ1n) is 7.97. The number of carbonyl (C=O) groups excluding carboxylic acids is 2. The quantitative estimate of drug-likeness (QED) is 0.532. The molecule has 2 aromatic rings. The van der Waals surface area contributed by atoms with Crippen LogP contribution in [0.5, 0.6) is 0 Å². The van der Waals surface area contributed by atoms with Crippen LogP contribution in [0.2, 0.25) is 0 Å². The van der Waals surface area contributed by atoms with Crippen molar-refractivity contribution in [3.63, 3.8) is 0 Å². The molecule has 6 heteroatoms. The van der Waals surface area contributed by atoms with Crippen LogP contribution < -0.4 is 5.32 Å². The van der Waals surface area contributed by atoms with E-state index in [4.69, 9.17) is 0 Å². The number of aromatic nitrogens is 1. The van der Waals surface area contributed by atoms with Crippen LogP contribution in [0.25, 0.3) is 0 Å². The number of H-pyrrole nitrogens is 1. The Kier molecular flexibility index (Phi) is 6.14. The number of Topliss-reactive ketones (excluding diaryl/α,β-unsaturated/α-hetero) is 1. The summed E-state index contributed by atoms with van der Waals surface area (Å²) in [6.45, 7) is 1.51. The van der Waals surface area contributed by atoms with Gasteiger partial charge in [-0.3, -0.25) is 9.59 Å². The van der Waals surface area contributed by atoms with Crippen LogP contribution in [0.1, 0.15) is 39.4 Å². The number of amides is 1. The Morgan fingerprint density at radius 3 is 2.56 bits per heavy atom. The van der Waals surface area contributed by atoms with Gasteiger partial charge in [0.2, 0.25) is 0 Å². The number of aromatic amines is 1. The second-order valence-electron chi connectivity index (χ2n) is 6.03. The molecule has 0 saturated carbocycles. The zero-order valence-corrected chi connectivity index (χ0v) is 14.6. The highest BCUT2D eigenvalue weighted by atomic mass is 16.3. The van der Waals surface area contributed by atoms with Gasteiger partial charge in [-0.1, -0.05) is 30.3 Å². The Hall–Kier alpha value is -2.86. The lowest BCUT2D eigenvalue weighted by atomic mass is 10.1. The van der Waals surface area contributed by atoms with Crippen LogP contribution in [0.15, 0.2) is 54.4 Å². The number of nitrogens with zero attached hydrogens (tertiary/aromatic N) is 1. The molecule has 0 aliphatic heterocycles. The van der Waals surface area contributed by atoms with Crippen molar-refractivity contribution in [2.24, 2.45) is 0 Å². The molecular weight excluding hydrogens is 318 g/mol. The summed E-state index contributed by atoms with van der Waals surface area (Å²) in [5, 5.41) is 12.3. The third kappa shape index (κ3) is 4.81. The lowest BCUT2D eigenvalue weighted by Crippen LogP contribution is -2.31. The second-order valence-corrected chi connectivity index (χ2v) is 6.03. The first-order chi connectivity index (χ1) is 11.9. The highest BCUT2D eigenvalue weighted by molar-refractivity contribution is 6.09. The molecule has 1 aromatic heterocycles. The molecule has 0 spiro atoms. The normalized spacial score (nSPS) is 12.6. The van der Waals surface area contributed by atoms with E-state index in [9.17, 15) is 14.7 Å². The molecule has 1 aromatic carbocycles. The van der Waals surface area contributed by atoms with E-state index >= 15 is 0 Å². The van der Waals surface area contributed by atoms with Crippen LogP contribution in [0.4, 0.5) is 0 Å². The predicted molar refractivity (Wildman–Crippen MR) is 96.3 cm³/mol. The highest BCUT2D eigenvalue weighted by Gasteiger charge is 2.18. The van der Waals surface area contributed by atoms with Gasteiger partial charge < -0.3 is 20.3 Å². The number of nitrogens with one attached hydrogen (secondary N) is 2. The third-order valence-electron chi connectivity index (χ3n) is 3.69. The van der Waals surface area contributed by atoms with Gasteiger partial charge in [-0.2, -0.15) is 0 Å². The standard InChI is InChI=1S/C19H23N3O3/c1-13(11-22(2)3)18(24)15-9-16(20-10-15)19(25)21-17(12-23)14-7-5-4-6-8-14/h4-11,17,20,23H,12H2,1-3H3,(H,21,25). The first-order valence-corrected chi connectivity index (χ1v) is 7.97. The predicted octanol–water partition coefficient (Wildman–Crippen LogP) is 2.13. The Balaban J connectivity index is 2.11. The fraction of sp³-hybridized carbons (Fsp3) is 0.263. The molecule has 1 atom stereocenters. The summed E-state index contributed by atoms with van der Waals surface area (Å²) in [7, 11) is 3.68. The van der Waals surface area contributed by atoms with Crippen molar-refractivity contribution < 1.29 is 14.7 Å². The maximum Gasteiger partial charge on any atom is 0.268 e. The van der Waals surface area contributed by atoms with Crippen molar-refractivity contribution in [2.75, 3.05) is 20.7 Å². The first kappa shape index (κ1) is 18.5. The van der Waals surface area contributed by atoms with Crippen LogP contribution in [0, 0.1) is 0 Å². The number of benzene rings is 1. The van der Waals surface area contributed by atoms with E-state index in [0.29, 0.717) is 11.1 Å². The largest absolute Gasteiger partial charge is 0.394 e. The zero-order valence-electron chi connectivity index (χ0n) is 14.6. The number of hydrogen-bond donors (Lipinski definition) is 3. The van der Waals surface area contributed by atoms with Gasteiger partial charge in [0.25, 0.3) is 5.91 Å². The number of aliphatic hydroxyl groups excluding tert-OH is 1. The Morgan fingerprint density at radius 2 is 1.96 bits per heavy atom. The van der Waals surface area contributed by atoms with Gasteiger partial charge in [0.05, 0.1) is 12.6 Å². The third-order valence-corrected chi connectivity index (χ3v) is 3.69. The van der Waals surface area contributed by atoms with E-state index in [-0.39, 0.29) is 24.0 Å². The van der Waals surface area contributed by atoms with Gasteiger partial charge in [0.1, 0.15) is 5.69 Å². The number of hydrogen-bond acceptors (Lipinski definition) is 4. The number of rotatable bonds is 7. The second kappa shape index (κ2) is 8.30. The fourth-order valence-electron chi connectivity index (χ4n) is 2.49. The summed E-state index contributed by atoms with van der Waals surface area (Å²) in [6, 6.07) is 10.2. The molecule has 3 N–H and O–H groups in total. The Morgan fingerprint density at radius 1 is 1.28 bits per heavy atom. The highest BCUT2D eigenvalue weighted by Crippen LogP contribution is 2.14. The van der Waals surface area contributed by atoms with E-state index in [2.05, 4.69) is 10.3 Å². The van der Waals surface area contributed by atoms with E-state index in [1.54, 1.807) is 18.0 Å². The molecule has 2 rings (SSSR count). The summed E-state index contributed by atoms with van der Waals surface area (Å²) >= 11 is 0. The van der Waals surface area contributed by atoms with Gasteiger partial charge in [0, 0.05) is 37.6 Å². The van der Waals surface area contributed by atoms with Gasteiger partial charge in [-0.15, -0.1) is 0 Å². The van der Waals surface area contributed by atoms with Crippen LogP contribution in [-0.2, 0) is 0 Å². The van der Waals surface area contributed by atoms with E-state index in [1.165, 1.54) is 12.3 Å². The van der Waals surface area contributed by atoms with E-state index in [0.717, 1.165) is 5.56 Å². The van der Waals surface area contributed by atoms with Crippen LogP contribution in [0.3, 0.4) is 0 Å². The van der Waals surface area contributed by atoms with Crippen molar-refractivity contribution in [3.8, 4) is 0 Å². The maximum atomic E-state index is 12.4. The summed E-state index contributed by atoms with van der Waals surface area (Å²) < 4.78 is 0. The molecule has 132 valence electrons. The Labute approximate surface area is 147 Å². The molecular formula is C19H23N3O3. The SMILES string of the molecule is CC(=CN(C)C)C(=O)c1c[nH]c(C(=O)NC(CO)c2ccccc2)c1. The van der Waals surface area contributed by atoms with E-state index in [1.807, 2.05) is 44.4 Å². The molecule has 1 heterocycles. The van der Waals surface area contributed by atoms with Gasteiger partial charge >= 0.3 is 0 Å². The summed E-state index contributed by atoms with van der Waals surface area (Å²) in [6.07, 6.45) is 3.24. The van der Waals surface area contributed by atoms with Crippen molar-refractivity contribution >= 4 is 11.7 Å². The monoisotopic (exact) mass is 341 g/mol. The van der Waals surface area contributed by atoms with Crippen molar-refractivity contribution in [1.82, 2.24) is 15.2 Å². The van der Waals surface area contributed by atoms with Gasteiger partial charge in [-0.25, -0.2) is 0 Å². The van der Waals surface area contributed by atoms with Crippen LogP contribution in [-0.4, -0.2) is 47.4 Å². The molecule has 0 bridgehead atoms. The fourth-order valence-corrected chi connectivity index (χ4v) is 2.49. The maximum absolute atomic E-state index is 12.4.